The Labute approximate surface area is 168 Å². The van der Waals surface area contributed by atoms with E-state index in [9.17, 15) is 9.59 Å². The van der Waals surface area contributed by atoms with Crippen LogP contribution < -0.4 is 10.1 Å². The smallest absolute Gasteiger partial charge is 0.255 e. The van der Waals surface area contributed by atoms with Gasteiger partial charge in [-0.25, -0.2) is 0 Å². The molecule has 2 aliphatic rings. The Morgan fingerprint density at radius 2 is 2.03 bits per heavy atom. The minimum Gasteiger partial charge on any atom is -0.493 e. The van der Waals surface area contributed by atoms with E-state index in [2.05, 4.69) is 10.3 Å². The monoisotopic (exact) mass is 394 g/mol. The fourth-order valence-corrected chi connectivity index (χ4v) is 3.66. The molecule has 3 unspecified atom stereocenters. The number of carbonyl (C=O) groups excluding carboxylic acids is 2. The molecule has 3 atom stereocenters. The highest BCUT2D eigenvalue weighted by Crippen LogP contribution is 2.34. The molecule has 0 saturated heterocycles. The van der Waals surface area contributed by atoms with Gasteiger partial charge < -0.3 is 19.5 Å². The second kappa shape index (κ2) is 8.45. The van der Waals surface area contributed by atoms with Crippen molar-refractivity contribution in [2.24, 2.45) is 5.92 Å². The van der Waals surface area contributed by atoms with Crippen LogP contribution in [0.25, 0.3) is 0 Å². The second-order valence-electron chi connectivity index (χ2n) is 7.12. The van der Waals surface area contributed by atoms with Crippen LogP contribution in [-0.2, 0) is 14.3 Å². The summed E-state index contributed by atoms with van der Waals surface area (Å²) in [7, 11) is 1.68. The van der Waals surface area contributed by atoms with E-state index in [1.54, 1.807) is 55.9 Å². The first-order valence-corrected chi connectivity index (χ1v) is 9.56. The molecule has 1 aliphatic heterocycles. The lowest BCUT2D eigenvalue weighted by Crippen LogP contribution is -2.42. The van der Waals surface area contributed by atoms with E-state index in [4.69, 9.17) is 14.2 Å². The van der Waals surface area contributed by atoms with Gasteiger partial charge in [-0.05, 0) is 49.2 Å². The molecule has 0 radical (unpaired) electrons. The maximum absolute atomic E-state index is 12.8. The minimum absolute atomic E-state index is 0.0470. The average molecular weight is 394 g/mol. The SMILES string of the molecule is COC1CCC2C(=O)C(Oc3ccc(C(=O)Nc4cccnc4)cc3)=COC2C1. The van der Waals surface area contributed by atoms with Crippen LogP contribution in [0.4, 0.5) is 5.69 Å². The molecule has 0 bridgehead atoms. The highest BCUT2D eigenvalue weighted by atomic mass is 16.5. The van der Waals surface area contributed by atoms with Crippen molar-refractivity contribution in [2.75, 3.05) is 12.4 Å². The summed E-state index contributed by atoms with van der Waals surface area (Å²) < 4.78 is 16.9. The molecule has 1 fully saturated rings. The number of allylic oxidation sites excluding steroid dienone is 1. The number of anilines is 1. The second-order valence-corrected chi connectivity index (χ2v) is 7.12. The van der Waals surface area contributed by atoms with Crippen LogP contribution in [0.3, 0.4) is 0 Å². The first-order valence-electron chi connectivity index (χ1n) is 9.56. The number of hydrogen-bond donors (Lipinski definition) is 1. The highest BCUT2D eigenvalue weighted by Gasteiger charge is 2.41. The van der Waals surface area contributed by atoms with Gasteiger partial charge in [0.2, 0.25) is 11.5 Å². The van der Waals surface area contributed by atoms with Crippen LogP contribution in [-0.4, -0.2) is 36.0 Å². The number of Topliss-reactive ketones (excluding diaryl/α,β-unsaturated/α-hetero) is 1. The van der Waals surface area contributed by atoms with E-state index in [-0.39, 0.29) is 35.6 Å². The van der Waals surface area contributed by atoms with Gasteiger partial charge in [0.05, 0.1) is 23.9 Å². The van der Waals surface area contributed by atoms with Gasteiger partial charge in [-0.2, -0.15) is 0 Å². The van der Waals surface area contributed by atoms with E-state index < -0.39 is 0 Å². The van der Waals surface area contributed by atoms with Crippen molar-refractivity contribution in [3.05, 3.63) is 66.4 Å². The molecule has 1 aromatic carbocycles. The highest BCUT2D eigenvalue weighted by molar-refractivity contribution is 6.04. The molecular weight excluding hydrogens is 372 g/mol. The summed E-state index contributed by atoms with van der Waals surface area (Å²) >= 11 is 0. The zero-order chi connectivity index (χ0) is 20.2. The number of hydrogen-bond acceptors (Lipinski definition) is 6. The molecular formula is C22H22N2O5. The topological polar surface area (TPSA) is 86.8 Å². The molecule has 1 aliphatic carbocycles. The van der Waals surface area contributed by atoms with Gasteiger partial charge in [0, 0.05) is 25.3 Å². The number of ether oxygens (including phenoxy) is 3. The fraction of sp³-hybridized carbons (Fsp3) is 0.318. The molecule has 0 spiro atoms. The lowest BCUT2D eigenvalue weighted by molar-refractivity contribution is -0.133. The quantitative estimate of drug-likeness (QED) is 0.837. The van der Waals surface area contributed by atoms with Crippen LogP contribution in [0.1, 0.15) is 29.6 Å². The Morgan fingerprint density at radius 3 is 2.76 bits per heavy atom. The van der Waals surface area contributed by atoms with Crippen molar-refractivity contribution in [1.29, 1.82) is 0 Å². The number of nitrogens with one attached hydrogen (secondary N) is 1. The molecule has 1 amide bonds. The van der Waals surface area contributed by atoms with Gasteiger partial charge in [-0.3, -0.25) is 14.6 Å². The molecule has 2 aromatic rings. The molecule has 7 nitrogen and oxygen atoms in total. The lowest BCUT2D eigenvalue weighted by Gasteiger charge is -2.36. The number of fused-ring (bicyclic) bond motifs is 1. The first-order chi connectivity index (χ1) is 14.1. The van der Waals surface area contributed by atoms with Gasteiger partial charge in [0.25, 0.3) is 5.91 Å². The summed E-state index contributed by atoms with van der Waals surface area (Å²) in [5.41, 5.74) is 1.09. The van der Waals surface area contributed by atoms with E-state index in [0.29, 0.717) is 23.4 Å². The Bertz CT molecular complexity index is 911. The number of ketones is 1. The van der Waals surface area contributed by atoms with Crippen molar-refractivity contribution < 1.29 is 23.8 Å². The number of amides is 1. The lowest BCUT2D eigenvalue weighted by atomic mass is 9.80. The van der Waals surface area contributed by atoms with Gasteiger partial charge in [-0.1, -0.05) is 0 Å². The van der Waals surface area contributed by atoms with E-state index in [1.807, 2.05) is 0 Å². The van der Waals surface area contributed by atoms with Gasteiger partial charge in [-0.15, -0.1) is 0 Å². The molecule has 29 heavy (non-hydrogen) atoms. The zero-order valence-electron chi connectivity index (χ0n) is 16.0. The van der Waals surface area contributed by atoms with Gasteiger partial charge >= 0.3 is 0 Å². The molecule has 1 saturated carbocycles. The Morgan fingerprint density at radius 1 is 1.21 bits per heavy atom. The number of nitrogens with zero attached hydrogens (tertiary/aromatic N) is 1. The Balaban J connectivity index is 1.39. The third-order valence-electron chi connectivity index (χ3n) is 5.27. The van der Waals surface area contributed by atoms with Crippen LogP contribution in [0.15, 0.2) is 60.8 Å². The third-order valence-corrected chi connectivity index (χ3v) is 5.27. The maximum Gasteiger partial charge on any atom is 0.255 e. The standard InChI is InChI=1S/C22H22N2O5/c1-27-17-8-9-18-19(11-17)28-13-20(21(18)25)29-16-6-4-14(5-7-16)22(26)24-15-3-2-10-23-12-15/h2-7,10,12-13,17-19H,8-9,11H2,1H3,(H,24,26). The Hall–Kier alpha value is -3.19. The number of carbonyl (C=O) groups is 2. The molecule has 150 valence electrons. The first kappa shape index (κ1) is 19.1. The van der Waals surface area contributed by atoms with Gasteiger partial charge in [0.1, 0.15) is 18.1 Å². The van der Waals surface area contributed by atoms with Crippen LogP contribution in [0.2, 0.25) is 0 Å². The van der Waals surface area contributed by atoms with Crippen molar-refractivity contribution in [1.82, 2.24) is 4.98 Å². The predicted molar refractivity (Wildman–Crippen MR) is 105 cm³/mol. The van der Waals surface area contributed by atoms with Crippen LogP contribution >= 0.6 is 0 Å². The van der Waals surface area contributed by atoms with E-state index >= 15 is 0 Å². The summed E-state index contributed by atoms with van der Waals surface area (Å²) in [4.78, 5) is 29.0. The van der Waals surface area contributed by atoms with Crippen molar-refractivity contribution in [3.8, 4) is 5.75 Å². The summed E-state index contributed by atoms with van der Waals surface area (Å²) in [5.74, 6) is 0.156. The summed E-state index contributed by atoms with van der Waals surface area (Å²) in [6.45, 7) is 0. The molecule has 2 heterocycles. The maximum atomic E-state index is 12.8. The molecule has 4 rings (SSSR count). The molecule has 1 aromatic heterocycles. The van der Waals surface area contributed by atoms with E-state index in [1.165, 1.54) is 6.26 Å². The van der Waals surface area contributed by atoms with Crippen LogP contribution in [0.5, 0.6) is 5.75 Å². The number of rotatable bonds is 5. The average Bonchev–Trinajstić information content (AvgIpc) is 2.76. The van der Waals surface area contributed by atoms with Crippen molar-refractivity contribution in [3.63, 3.8) is 0 Å². The fourth-order valence-electron chi connectivity index (χ4n) is 3.66. The molecule has 7 heteroatoms. The summed E-state index contributed by atoms with van der Waals surface area (Å²) in [5, 5.41) is 2.77. The third kappa shape index (κ3) is 4.30. The largest absolute Gasteiger partial charge is 0.493 e. The van der Waals surface area contributed by atoms with Gasteiger partial charge in [0.15, 0.2) is 0 Å². The minimum atomic E-state index is -0.251. The predicted octanol–water partition coefficient (Wildman–Crippen LogP) is 3.34. The zero-order valence-corrected chi connectivity index (χ0v) is 16.0. The van der Waals surface area contributed by atoms with Crippen molar-refractivity contribution >= 4 is 17.4 Å². The number of aromatic nitrogens is 1. The summed E-state index contributed by atoms with van der Waals surface area (Å²) in [6.07, 6.45) is 6.83. The van der Waals surface area contributed by atoms with E-state index in [0.717, 1.165) is 12.8 Å². The number of methoxy groups -OCH3 is 1. The number of benzene rings is 1. The van der Waals surface area contributed by atoms with Crippen molar-refractivity contribution in [2.45, 2.75) is 31.5 Å². The summed E-state index contributed by atoms with van der Waals surface area (Å²) in [6, 6.07) is 10.1. The normalized spacial score (nSPS) is 23.4. The van der Waals surface area contributed by atoms with Crippen LogP contribution in [0, 0.1) is 5.92 Å². The Kier molecular flexibility index (Phi) is 5.57. The molecule has 1 N–H and O–H groups in total. The number of pyridine rings is 1.